The molecule has 1 aromatic rings. The van der Waals surface area contributed by atoms with Crippen molar-refractivity contribution in [1.29, 1.82) is 0 Å². The maximum Gasteiger partial charge on any atom is 0.104 e. The number of hydrogen-bond acceptors (Lipinski definition) is 2. The summed E-state index contributed by atoms with van der Waals surface area (Å²) in [7, 11) is 0. The lowest BCUT2D eigenvalue weighted by Crippen LogP contribution is -2.84. The van der Waals surface area contributed by atoms with Gasteiger partial charge in [0.25, 0.3) is 0 Å². The molecule has 0 atom stereocenters. The Morgan fingerprint density at radius 1 is 1.20 bits per heavy atom. The van der Waals surface area contributed by atoms with Gasteiger partial charge in [-0.1, -0.05) is 29.3 Å². The largest absolute Gasteiger partial charge is 0.550 e. The van der Waals surface area contributed by atoms with E-state index in [-0.39, 0.29) is 5.92 Å². The molecule has 0 aliphatic heterocycles. The Kier molecular flexibility index (Phi) is 5.70. The Hall–Kier alpha value is -0.770. The van der Waals surface area contributed by atoms with Crippen LogP contribution in [0.4, 0.5) is 0 Å². The smallest absolute Gasteiger partial charge is 0.104 e. The van der Waals surface area contributed by atoms with Gasteiger partial charge in [0.1, 0.15) is 6.54 Å². The third kappa shape index (κ3) is 4.11. The Labute approximate surface area is 129 Å². The predicted molar refractivity (Wildman–Crippen MR) is 77.4 cm³/mol. The van der Waals surface area contributed by atoms with Crippen LogP contribution in [0.3, 0.4) is 0 Å². The Morgan fingerprint density at radius 2 is 1.80 bits per heavy atom. The molecule has 3 nitrogen and oxygen atoms in total. The quantitative estimate of drug-likeness (QED) is 0.897. The SMILES string of the molecule is O=C([O-])C1CCC(C[NH2+]Cc2c(Cl)cccc2Cl)CC1. The predicted octanol–water partition coefficient (Wildman–Crippen LogP) is 1.61. The summed E-state index contributed by atoms with van der Waals surface area (Å²) in [6, 6.07) is 5.54. The molecule has 0 spiro atoms. The number of quaternary nitrogens is 1. The number of nitrogens with two attached hydrogens (primary N) is 1. The fourth-order valence-corrected chi connectivity index (χ4v) is 3.38. The normalized spacial score (nSPS) is 22.7. The van der Waals surface area contributed by atoms with Crippen molar-refractivity contribution in [2.24, 2.45) is 11.8 Å². The highest BCUT2D eigenvalue weighted by atomic mass is 35.5. The van der Waals surface area contributed by atoms with Gasteiger partial charge in [-0.05, 0) is 43.7 Å². The summed E-state index contributed by atoms with van der Waals surface area (Å²) in [6.45, 7) is 1.75. The molecule has 1 aliphatic carbocycles. The minimum Gasteiger partial charge on any atom is -0.550 e. The number of carboxylic acids is 1. The first-order valence-corrected chi connectivity index (χ1v) is 7.79. The molecule has 1 saturated carbocycles. The van der Waals surface area contributed by atoms with E-state index in [9.17, 15) is 9.90 Å². The molecule has 20 heavy (non-hydrogen) atoms. The van der Waals surface area contributed by atoms with Gasteiger partial charge in [-0.25, -0.2) is 0 Å². The first kappa shape index (κ1) is 15.6. The lowest BCUT2D eigenvalue weighted by molar-refractivity contribution is -0.676. The molecule has 2 rings (SSSR count). The van der Waals surface area contributed by atoms with Crippen molar-refractivity contribution < 1.29 is 15.2 Å². The van der Waals surface area contributed by atoms with Crippen molar-refractivity contribution in [1.82, 2.24) is 0 Å². The highest BCUT2D eigenvalue weighted by Gasteiger charge is 2.23. The van der Waals surface area contributed by atoms with Gasteiger partial charge in [0.2, 0.25) is 0 Å². The van der Waals surface area contributed by atoms with Crippen molar-refractivity contribution >= 4 is 29.2 Å². The molecule has 0 saturated heterocycles. The minimum absolute atomic E-state index is 0.246. The molecule has 2 N–H and O–H groups in total. The summed E-state index contributed by atoms with van der Waals surface area (Å²) in [4.78, 5) is 10.8. The Bertz CT molecular complexity index is 451. The van der Waals surface area contributed by atoms with Crippen molar-refractivity contribution in [2.45, 2.75) is 32.2 Å². The van der Waals surface area contributed by atoms with E-state index in [1.807, 2.05) is 18.2 Å². The second-order valence-electron chi connectivity index (χ2n) is 5.47. The summed E-state index contributed by atoms with van der Waals surface area (Å²) in [5.74, 6) is -0.564. The molecule has 5 heteroatoms. The molecular formula is C15H19Cl2NO2. The van der Waals surface area contributed by atoms with Gasteiger partial charge in [0, 0.05) is 17.5 Å². The number of halogens is 2. The maximum absolute atomic E-state index is 10.8. The zero-order chi connectivity index (χ0) is 14.5. The molecule has 0 bridgehead atoms. The van der Waals surface area contributed by atoms with E-state index < -0.39 is 5.97 Å². The summed E-state index contributed by atoms with van der Waals surface area (Å²) in [5.41, 5.74) is 0.972. The van der Waals surface area contributed by atoms with Crippen molar-refractivity contribution in [3.63, 3.8) is 0 Å². The van der Waals surface area contributed by atoms with Gasteiger partial charge in [0.05, 0.1) is 16.6 Å². The lowest BCUT2D eigenvalue weighted by Gasteiger charge is -2.28. The van der Waals surface area contributed by atoms with Crippen LogP contribution in [0.25, 0.3) is 0 Å². The van der Waals surface area contributed by atoms with Crippen molar-refractivity contribution in [3.8, 4) is 0 Å². The Balaban J connectivity index is 1.76. The molecule has 0 amide bonds. The van der Waals surface area contributed by atoms with Crippen LogP contribution in [0, 0.1) is 11.8 Å². The Morgan fingerprint density at radius 3 is 2.35 bits per heavy atom. The van der Waals surface area contributed by atoms with E-state index in [1.54, 1.807) is 0 Å². The topological polar surface area (TPSA) is 56.7 Å². The van der Waals surface area contributed by atoms with Gasteiger partial charge in [-0.3, -0.25) is 0 Å². The van der Waals surface area contributed by atoms with Gasteiger partial charge >= 0.3 is 0 Å². The van der Waals surface area contributed by atoms with Crippen LogP contribution in [-0.2, 0) is 11.3 Å². The number of rotatable bonds is 5. The number of carbonyl (C=O) groups is 1. The summed E-state index contributed by atoms with van der Waals surface area (Å²) in [5, 5.41) is 14.4. The fraction of sp³-hybridized carbons (Fsp3) is 0.533. The maximum atomic E-state index is 10.8. The second kappa shape index (κ2) is 7.30. The number of aliphatic carboxylic acids is 1. The monoisotopic (exact) mass is 315 g/mol. The lowest BCUT2D eigenvalue weighted by atomic mass is 9.82. The van der Waals surface area contributed by atoms with E-state index in [4.69, 9.17) is 23.2 Å². The van der Waals surface area contributed by atoms with Crippen molar-refractivity contribution in [2.75, 3.05) is 6.54 Å². The van der Waals surface area contributed by atoms with E-state index in [2.05, 4.69) is 5.32 Å². The molecular weight excluding hydrogens is 297 g/mol. The molecule has 1 aromatic carbocycles. The fourth-order valence-electron chi connectivity index (χ4n) is 2.82. The van der Waals surface area contributed by atoms with Crippen LogP contribution >= 0.6 is 23.2 Å². The third-order valence-corrected chi connectivity index (χ3v) is 4.80. The molecule has 1 fully saturated rings. The third-order valence-electron chi connectivity index (χ3n) is 4.09. The summed E-state index contributed by atoms with van der Waals surface area (Å²) < 4.78 is 0. The zero-order valence-corrected chi connectivity index (χ0v) is 12.8. The van der Waals surface area contributed by atoms with Gasteiger partial charge in [-0.2, -0.15) is 0 Å². The molecule has 110 valence electrons. The highest BCUT2D eigenvalue weighted by molar-refractivity contribution is 6.35. The van der Waals surface area contributed by atoms with E-state index in [0.29, 0.717) is 16.0 Å². The number of benzene rings is 1. The number of carboxylic acid groups (broad SMARTS) is 1. The minimum atomic E-state index is -0.893. The average Bonchev–Trinajstić information content (AvgIpc) is 2.42. The first-order valence-electron chi connectivity index (χ1n) is 7.03. The van der Waals surface area contributed by atoms with Gasteiger partial charge in [0.15, 0.2) is 0 Å². The number of hydrogen-bond donors (Lipinski definition) is 1. The highest BCUT2D eigenvalue weighted by Crippen LogP contribution is 2.27. The molecule has 1 aliphatic rings. The van der Waals surface area contributed by atoms with Crippen LogP contribution in [0.1, 0.15) is 31.2 Å². The van der Waals surface area contributed by atoms with Crippen LogP contribution in [0.5, 0.6) is 0 Å². The summed E-state index contributed by atoms with van der Waals surface area (Å²) >= 11 is 12.3. The molecule has 0 radical (unpaired) electrons. The second-order valence-corrected chi connectivity index (χ2v) is 6.28. The average molecular weight is 316 g/mol. The van der Waals surface area contributed by atoms with Crippen molar-refractivity contribution in [3.05, 3.63) is 33.8 Å². The standard InChI is InChI=1S/C15H19Cl2NO2/c16-13-2-1-3-14(17)12(13)9-18-8-10-4-6-11(7-5-10)15(19)20/h1-3,10-11,18H,4-9H2,(H,19,20). The molecule has 0 aromatic heterocycles. The van der Waals surface area contributed by atoms with Gasteiger partial charge in [-0.15, -0.1) is 0 Å². The summed E-state index contributed by atoms with van der Waals surface area (Å²) in [6.07, 6.45) is 3.41. The van der Waals surface area contributed by atoms with E-state index >= 15 is 0 Å². The first-order chi connectivity index (χ1) is 9.58. The van der Waals surface area contributed by atoms with Crippen LogP contribution in [0.2, 0.25) is 10.0 Å². The van der Waals surface area contributed by atoms with Crippen LogP contribution < -0.4 is 10.4 Å². The van der Waals surface area contributed by atoms with Crippen LogP contribution in [-0.4, -0.2) is 12.5 Å². The van der Waals surface area contributed by atoms with E-state index in [1.165, 1.54) is 0 Å². The zero-order valence-electron chi connectivity index (χ0n) is 11.3. The molecule has 0 heterocycles. The molecule has 0 unspecified atom stereocenters. The van der Waals surface area contributed by atoms with Gasteiger partial charge < -0.3 is 15.2 Å². The number of carbonyl (C=O) groups excluding carboxylic acids is 1. The van der Waals surface area contributed by atoms with E-state index in [0.717, 1.165) is 44.3 Å². The van der Waals surface area contributed by atoms with Crippen LogP contribution in [0.15, 0.2) is 18.2 Å².